The second kappa shape index (κ2) is 10.6. The van der Waals surface area contributed by atoms with Gasteiger partial charge in [0.2, 0.25) is 5.78 Å². The molecule has 0 spiro atoms. The molecule has 0 aromatic carbocycles. The van der Waals surface area contributed by atoms with Crippen molar-refractivity contribution < 1.29 is 33.4 Å². The van der Waals surface area contributed by atoms with Gasteiger partial charge in [-0.25, -0.2) is 0 Å². The lowest BCUT2D eigenvalue weighted by Crippen LogP contribution is -2.67. The number of esters is 2. The number of carbonyl (C=O) groups is 5. The molecule has 4 fully saturated rings. The fourth-order valence-corrected chi connectivity index (χ4v) is 10.5. The van der Waals surface area contributed by atoms with E-state index < -0.39 is 28.9 Å². The highest BCUT2D eigenvalue weighted by Gasteiger charge is 2.70. The van der Waals surface area contributed by atoms with Crippen LogP contribution in [0.1, 0.15) is 120 Å². The van der Waals surface area contributed by atoms with E-state index in [1.165, 1.54) is 13.8 Å². The Morgan fingerprint density at radius 1 is 0.805 bits per heavy atom. The van der Waals surface area contributed by atoms with Crippen molar-refractivity contribution in [3.05, 3.63) is 0 Å². The molecular weight excluding hydrogens is 520 g/mol. The van der Waals surface area contributed by atoms with E-state index in [0.717, 1.165) is 44.9 Å². The van der Waals surface area contributed by atoms with Crippen LogP contribution in [0.3, 0.4) is 0 Å². The quantitative estimate of drug-likeness (QED) is 0.261. The Labute approximate surface area is 246 Å². The first-order valence-electron chi connectivity index (χ1n) is 15.8. The molecule has 0 aliphatic heterocycles. The molecule has 7 heteroatoms. The lowest BCUT2D eigenvalue weighted by Gasteiger charge is -2.71. The Morgan fingerprint density at radius 2 is 1.46 bits per heavy atom. The van der Waals surface area contributed by atoms with Crippen LogP contribution in [0.25, 0.3) is 0 Å². The lowest BCUT2D eigenvalue weighted by atomic mass is 9.33. The highest BCUT2D eigenvalue weighted by molar-refractivity contribution is 6.38. The van der Waals surface area contributed by atoms with Gasteiger partial charge in [-0.1, -0.05) is 48.5 Å². The van der Waals surface area contributed by atoms with Gasteiger partial charge in [-0.05, 0) is 79.4 Å². The van der Waals surface area contributed by atoms with Crippen LogP contribution < -0.4 is 0 Å². The molecule has 0 heterocycles. The molecule has 4 aliphatic carbocycles. The minimum absolute atomic E-state index is 0.00301. The Morgan fingerprint density at radius 3 is 2.05 bits per heavy atom. The number of Topliss-reactive ketones (excluding diaryl/α,β-unsaturated/α-hetero) is 3. The second-order valence-corrected chi connectivity index (χ2v) is 15.6. The topological polar surface area (TPSA) is 104 Å². The monoisotopic (exact) mass is 572 g/mol. The average Bonchev–Trinajstić information content (AvgIpc) is 2.86. The highest BCUT2D eigenvalue weighted by atomic mass is 16.5. The Hall–Kier alpha value is -2.05. The van der Waals surface area contributed by atoms with Crippen molar-refractivity contribution in [2.45, 2.75) is 126 Å². The Kier molecular flexibility index (Phi) is 8.23. The predicted octanol–water partition coefficient (Wildman–Crippen LogP) is 6.29. The number of fused-ring (bicyclic) bond motifs is 5. The molecule has 4 saturated carbocycles. The summed E-state index contributed by atoms with van der Waals surface area (Å²) in [4.78, 5) is 63.9. The number of hydrogen-bond acceptors (Lipinski definition) is 7. The maximum absolute atomic E-state index is 14.6. The molecule has 41 heavy (non-hydrogen) atoms. The van der Waals surface area contributed by atoms with E-state index in [2.05, 4.69) is 34.6 Å². The van der Waals surface area contributed by atoms with Crippen LogP contribution in [-0.2, 0) is 33.4 Å². The molecule has 4 rings (SSSR count). The van der Waals surface area contributed by atoms with Crippen LogP contribution in [-0.4, -0.2) is 42.0 Å². The van der Waals surface area contributed by atoms with Gasteiger partial charge in [-0.3, -0.25) is 24.0 Å². The van der Waals surface area contributed by atoms with Crippen molar-refractivity contribution in [3.63, 3.8) is 0 Å². The van der Waals surface area contributed by atoms with Crippen molar-refractivity contribution in [1.29, 1.82) is 0 Å². The molecule has 0 unspecified atom stereocenters. The smallest absolute Gasteiger partial charge is 0.302 e. The van der Waals surface area contributed by atoms with Crippen LogP contribution in [0.4, 0.5) is 0 Å². The van der Waals surface area contributed by atoms with Crippen molar-refractivity contribution in [2.75, 3.05) is 6.61 Å². The summed E-state index contributed by atoms with van der Waals surface area (Å²) >= 11 is 0. The van der Waals surface area contributed by atoms with Crippen molar-refractivity contribution >= 4 is 29.3 Å². The average molecular weight is 573 g/mol. The second-order valence-electron chi connectivity index (χ2n) is 15.6. The van der Waals surface area contributed by atoms with Gasteiger partial charge < -0.3 is 9.47 Å². The molecule has 0 saturated heterocycles. The van der Waals surface area contributed by atoms with E-state index in [-0.39, 0.29) is 58.5 Å². The SMILES string of the molecule is CC(=O)OC[C@@]1(CC(=O)C(=O)C(C)C)CC[C@]2(C)[C@H](CC[C@@H]3[C@@]4(C)CC[C@H](OC(C)=O)C(C)(C)[C@@H]4CC[C@]32C)C1=O. The van der Waals surface area contributed by atoms with Gasteiger partial charge in [-0.15, -0.1) is 0 Å². The van der Waals surface area contributed by atoms with Gasteiger partial charge >= 0.3 is 11.9 Å². The summed E-state index contributed by atoms with van der Waals surface area (Å²) < 4.78 is 11.3. The lowest BCUT2D eigenvalue weighted by molar-refractivity contribution is -0.237. The maximum atomic E-state index is 14.6. The molecule has 230 valence electrons. The van der Waals surface area contributed by atoms with Gasteiger partial charge in [0.15, 0.2) is 5.78 Å². The summed E-state index contributed by atoms with van der Waals surface area (Å²) in [5.41, 5.74) is -1.56. The van der Waals surface area contributed by atoms with Crippen LogP contribution in [0.2, 0.25) is 0 Å². The van der Waals surface area contributed by atoms with Crippen LogP contribution in [0.5, 0.6) is 0 Å². The Bertz CT molecular complexity index is 1120. The zero-order valence-electron chi connectivity index (χ0n) is 26.8. The largest absolute Gasteiger partial charge is 0.465 e. The number of hydrogen-bond donors (Lipinski definition) is 0. The normalized spacial score (nSPS) is 41.5. The van der Waals surface area contributed by atoms with E-state index in [4.69, 9.17) is 9.47 Å². The van der Waals surface area contributed by atoms with Gasteiger partial charge in [0.05, 0.1) is 5.41 Å². The van der Waals surface area contributed by atoms with Crippen molar-refractivity contribution in [3.8, 4) is 0 Å². The molecule has 0 amide bonds. The van der Waals surface area contributed by atoms with Gasteiger partial charge in [0.25, 0.3) is 0 Å². The number of ketones is 3. The third-order valence-electron chi connectivity index (χ3n) is 12.9. The van der Waals surface area contributed by atoms with Crippen molar-refractivity contribution in [1.82, 2.24) is 0 Å². The molecular formula is C34H52O7. The summed E-state index contributed by atoms with van der Waals surface area (Å²) in [6.07, 6.45) is 6.44. The standard InChI is InChI=1S/C34H52O7/c1-20(2)28(38)24(37)18-34(19-40-21(3)35)17-16-32(8)23(29(34)39)10-11-26-31(7)14-13-27(41-22(4)36)30(5,6)25(31)12-15-33(26,32)9/h20,23,25-27H,10-19H2,1-9H3/t23-,25+,26-,27+,31+,32-,33-,34+/m1/s1. The summed E-state index contributed by atoms with van der Waals surface area (Å²) in [6.45, 7) is 17.7. The molecule has 0 aromatic heterocycles. The zero-order chi connectivity index (χ0) is 30.8. The number of carbonyl (C=O) groups excluding carboxylic acids is 5. The van der Waals surface area contributed by atoms with Crippen molar-refractivity contribution in [2.24, 2.45) is 50.7 Å². The van der Waals surface area contributed by atoms with Gasteiger partial charge in [-0.2, -0.15) is 0 Å². The molecule has 0 bridgehead atoms. The first-order chi connectivity index (χ1) is 18.9. The molecule has 8 atom stereocenters. The maximum Gasteiger partial charge on any atom is 0.302 e. The molecule has 0 radical (unpaired) electrons. The van der Waals surface area contributed by atoms with Crippen LogP contribution in [0, 0.1) is 50.7 Å². The third kappa shape index (κ3) is 4.91. The van der Waals surface area contributed by atoms with E-state index in [0.29, 0.717) is 18.3 Å². The molecule has 7 nitrogen and oxygen atoms in total. The van der Waals surface area contributed by atoms with Crippen LogP contribution >= 0.6 is 0 Å². The first kappa shape index (κ1) is 31.9. The Balaban J connectivity index is 1.66. The summed E-state index contributed by atoms with van der Waals surface area (Å²) in [7, 11) is 0. The number of rotatable bonds is 7. The van der Waals surface area contributed by atoms with Crippen LogP contribution in [0.15, 0.2) is 0 Å². The minimum atomic E-state index is -1.15. The highest BCUT2D eigenvalue weighted by Crippen LogP contribution is 2.74. The van der Waals surface area contributed by atoms with E-state index in [9.17, 15) is 24.0 Å². The fraction of sp³-hybridized carbons (Fsp3) is 0.853. The first-order valence-corrected chi connectivity index (χ1v) is 15.8. The third-order valence-corrected chi connectivity index (χ3v) is 12.9. The van der Waals surface area contributed by atoms with Gasteiger partial charge in [0.1, 0.15) is 18.5 Å². The number of ether oxygens (including phenoxy) is 2. The summed E-state index contributed by atoms with van der Waals surface area (Å²) in [5.74, 6) is -1.56. The van der Waals surface area contributed by atoms with Gasteiger partial charge in [0, 0.05) is 37.5 Å². The molecule has 0 N–H and O–H groups in total. The summed E-state index contributed by atoms with van der Waals surface area (Å²) in [5, 5.41) is 0. The van der Waals surface area contributed by atoms with E-state index in [1.54, 1.807) is 13.8 Å². The fourth-order valence-electron chi connectivity index (χ4n) is 10.5. The summed E-state index contributed by atoms with van der Waals surface area (Å²) in [6, 6.07) is 0. The molecule has 4 aliphatic rings. The molecule has 0 aromatic rings. The zero-order valence-corrected chi connectivity index (χ0v) is 26.8. The van der Waals surface area contributed by atoms with E-state index >= 15 is 0 Å². The minimum Gasteiger partial charge on any atom is -0.465 e. The predicted molar refractivity (Wildman–Crippen MR) is 155 cm³/mol. The van der Waals surface area contributed by atoms with E-state index in [1.807, 2.05) is 0 Å².